The number of rotatable bonds is 9. The van der Waals surface area contributed by atoms with Crippen LogP contribution in [0.4, 0.5) is 8.78 Å². The number of carbonyl (C=O) groups is 1. The number of aromatic nitrogens is 1. The Labute approximate surface area is 197 Å². The van der Waals surface area contributed by atoms with Crippen LogP contribution in [0.1, 0.15) is 11.1 Å². The third-order valence-electron chi connectivity index (χ3n) is 4.66. The lowest BCUT2D eigenvalue weighted by molar-refractivity contribution is -0.115. The van der Waals surface area contributed by atoms with Gasteiger partial charge in [0.15, 0.2) is 5.57 Å². The lowest BCUT2D eigenvalue weighted by Gasteiger charge is -2.06. The lowest BCUT2D eigenvalue weighted by Crippen LogP contribution is -2.35. The molecule has 3 aromatic rings. The van der Waals surface area contributed by atoms with Crippen LogP contribution in [0.25, 0.3) is 11.6 Å². The number of alkyl halides is 2. The van der Waals surface area contributed by atoms with E-state index in [2.05, 4.69) is 10.1 Å². The molecule has 1 amide bonds. The van der Waals surface area contributed by atoms with E-state index in [1.165, 1.54) is 36.0 Å². The molecular weight excluding hydrogens is 464 g/mol. The molecule has 34 heavy (non-hydrogen) atoms. The van der Waals surface area contributed by atoms with Crippen LogP contribution >= 0.6 is 11.3 Å². The van der Waals surface area contributed by atoms with Crippen LogP contribution in [0, 0.1) is 11.3 Å². The monoisotopic (exact) mass is 485 g/mol. The number of carbonyl (C=O) groups excluding carboxylic acids is 1. The van der Waals surface area contributed by atoms with Crippen molar-refractivity contribution in [3.05, 3.63) is 85.3 Å². The summed E-state index contributed by atoms with van der Waals surface area (Å²) in [6.07, 6.45) is 1.41. The number of nitrogens with one attached hydrogen (secondary N) is 1. The molecule has 2 aromatic carbocycles. The maximum Gasteiger partial charge on any atom is 0.387 e. The van der Waals surface area contributed by atoms with Gasteiger partial charge in [-0.1, -0.05) is 48.5 Å². The molecule has 0 radical (unpaired) electrons. The normalized spacial score (nSPS) is 12.4. The first-order valence-corrected chi connectivity index (χ1v) is 11.0. The van der Waals surface area contributed by atoms with Crippen LogP contribution in [0.5, 0.6) is 5.75 Å². The molecule has 3 rings (SSSR count). The standard InChI is InChI=1S/C24H21F2N3O4S/c1-32-12-11-28-21(30)18(14-27)23-29(15-16-7-3-2-4-8-16)22(31)20(34-23)13-17-9-5-6-10-19(17)33-24(25)26/h2-10,13,24H,11-12,15H2,1H3,(H,28,30). The highest BCUT2D eigenvalue weighted by molar-refractivity contribution is 7.07. The van der Waals surface area contributed by atoms with Crippen molar-refractivity contribution < 1.29 is 23.0 Å². The molecule has 0 spiro atoms. The maximum absolute atomic E-state index is 13.3. The van der Waals surface area contributed by atoms with E-state index in [-0.39, 0.29) is 45.8 Å². The van der Waals surface area contributed by atoms with E-state index >= 15 is 0 Å². The molecule has 1 N–H and O–H groups in total. The van der Waals surface area contributed by atoms with Gasteiger partial charge in [-0.3, -0.25) is 14.2 Å². The van der Waals surface area contributed by atoms with Gasteiger partial charge in [0.2, 0.25) is 0 Å². The number of hydrogen-bond donors (Lipinski definition) is 1. The Balaban J connectivity index is 2.21. The molecule has 1 aromatic heterocycles. The minimum atomic E-state index is -3.03. The van der Waals surface area contributed by atoms with Crippen molar-refractivity contribution in [3.63, 3.8) is 0 Å². The highest BCUT2D eigenvalue weighted by Crippen LogP contribution is 2.20. The van der Waals surface area contributed by atoms with Crippen molar-refractivity contribution in [2.45, 2.75) is 13.2 Å². The van der Waals surface area contributed by atoms with Gasteiger partial charge in [0.1, 0.15) is 16.5 Å². The molecule has 0 saturated heterocycles. The predicted octanol–water partition coefficient (Wildman–Crippen LogP) is 1.83. The van der Waals surface area contributed by atoms with E-state index < -0.39 is 18.1 Å². The van der Waals surface area contributed by atoms with E-state index in [0.717, 1.165) is 16.9 Å². The number of amides is 1. The summed E-state index contributed by atoms with van der Waals surface area (Å²) in [6.45, 7) is -2.47. The summed E-state index contributed by atoms with van der Waals surface area (Å²) in [5.41, 5.74) is 0.357. The summed E-state index contributed by atoms with van der Waals surface area (Å²) in [5.74, 6) is -0.737. The molecular formula is C24H21F2N3O4S. The maximum atomic E-state index is 13.3. The number of methoxy groups -OCH3 is 1. The fourth-order valence-electron chi connectivity index (χ4n) is 3.11. The fourth-order valence-corrected chi connectivity index (χ4v) is 4.20. The Morgan fingerprint density at radius 3 is 2.59 bits per heavy atom. The van der Waals surface area contributed by atoms with Gasteiger partial charge in [-0.2, -0.15) is 14.0 Å². The topological polar surface area (TPSA) is 93.3 Å². The first kappa shape index (κ1) is 24.8. The molecule has 0 aliphatic heterocycles. The van der Waals surface area contributed by atoms with Crippen molar-refractivity contribution in [2.75, 3.05) is 20.3 Å². The van der Waals surface area contributed by atoms with E-state index in [1.807, 2.05) is 36.4 Å². The van der Waals surface area contributed by atoms with Crippen LogP contribution in [0.3, 0.4) is 0 Å². The number of thiazole rings is 1. The van der Waals surface area contributed by atoms with Crippen LogP contribution in [0.15, 0.2) is 59.4 Å². The zero-order chi connectivity index (χ0) is 24.5. The Morgan fingerprint density at radius 2 is 1.91 bits per heavy atom. The number of benzene rings is 2. The van der Waals surface area contributed by atoms with Gasteiger partial charge in [0, 0.05) is 19.2 Å². The Morgan fingerprint density at radius 1 is 1.21 bits per heavy atom. The number of hydrogen-bond acceptors (Lipinski definition) is 6. The van der Waals surface area contributed by atoms with E-state index in [9.17, 15) is 23.6 Å². The van der Waals surface area contributed by atoms with Crippen molar-refractivity contribution in [2.24, 2.45) is 0 Å². The van der Waals surface area contributed by atoms with E-state index in [0.29, 0.717) is 0 Å². The molecule has 0 unspecified atom stereocenters. The summed E-state index contributed by atoms with van der Waals surface area (Å²) in [6, 6.07) is 17.0. The summed E-state index contributed by atoms with van der Waals surface area (Å²) in [7, 11) is 1.48. The highest BCUT2D eigenvalue weighted by atomic mass is 32.1. The predicted molar refractivity (Wildman–Crippen MR) is 124 cm³/mol. The molecule has 0 aliphatic carbocycles. The van der Waals surface area contributed by atoms with Gasteiger partial charge < -0.3 is 14.8 Å². The zero-order valence-corrected chi connectivity index (χ0v) is 19.0. The molecule has 0 aliphatic rings. The number of halogens is 2. The van der Waals surface area contributed by atoms with Crippen LogP contribution in [0.2, 0.25) is 0 Å². The van der Waals surface area contributed by atoms with Crippen molar-refractivity contribution in [3.8, 4) is 11.8 Å². The van der Waals surface area contributed by atoms with Gasteiger partial charge in [-0.25, -0.2) is 0 Å². The summed E-state index contributed by atoms with van der Waals surface area (Å²) < 4.78 is 36.7. The van der Waals surface area contributed by atoms with E-state index in [4.69, 9.17) is 4.74 Å². The Kier molecular flexibility index (Phi) is 8.67. The molecule has 176 valence electrons. The smallest absolute Gasteiger partial charge is 0.387 e. The molecule has 7 nitrogen and oxygen atoms in total. The fraction of sp³-hybridized carbons (Fsp3) is 0.208. The van der Waals surface area contributed by atoms with Crippen LogP contribution in [-0.4, -0.2) is 37.3 Å². The average Bonchev–Trinajstić information content (AvgIpc) is 3.11. The largest absolute Gasteiger partial charge is 0.434 e. The molecule has 10 heteroatoms. The second kappa shape index (κ2) is 11.9. The molecule has 1 heterocycles. The summed E-state index contributed by atoms with van der Waals surface area (Å²) in [5, 5.41) is 12.3. The zero-order valence-electron chi connectivity index (χ0n) is 18.2. The molecule has 0 atom stereocenters. The number of nitrogens with zero attached hydrogens (tertiary/aromatic N) is 2. The van der Waals surface area contributed by atoms with Crippen LogP contribution < -0.4 is 24.8 Å². The molecule has 0 bridgehead atoms. The first-order valence-electron chi connectivity index (χ1n) is 10.1. The average molecular weight is 486 g/mol. The van der Waals surface area contributed by atoms with Gasteiger partial charge in [-0.05, 0) is 17.7 Å². The Hall–Kier alpha value is -3.81. The van der Waals surface area contributed by atoms with Gasteiger partial charge in [0.05, 0.1) is 17.7 Å². The highest BCUT2D eigenvalue weighted by Gasteiger charge is 2.16. The third kappa shape index (κ3) is 6.15. The van der Waals surface area contributed by atoms with E-state index in [1.54, 1.807) is 6.07 Å². The van der Waals surface area contributed by atoms with Gasteiger partial charge in [0.25, 0.3) is 11.5 Å². The second-order valence-corrected chi connectivity index (χ2v) is 7.98. The van der Waals surface area contributed by atoms with Crippen molar-refractivity contribution >= 4 is 28.9 Å². The SMILES string of the molecule is COCCNC(=O)C(C#N)=c1sc(=Cc2ccccc2OC(F)F)c(=O)n1Cc1ccccc1. The second-order valence-electron chi connectivity index (χ2n) is 6.94. The minimum Gasteiger partial charge on any atom is -0.434 e. The summed E-state index contributed by atoms with van der Waals surface area (Å²) >= 11 is 0.928. The quantitative estimate of drug-likeness (QED) is 0.467. The summed E-state index contributed by atoms with van der Waals surface area (Å²) in [4.78, 5) is 26.0. The van der Waals surface area contributed by atoms with Crippen LogP contribution in [-0.2, 0) is 16.1 Å². The minimum absolute atomic E-state index is 0.0942. The third-order valence-corrected chi connectivity index (χ3v) is 5.79. The lowest BCUT2D eigenvalue weighted by atomic mass is 10.2. The molecule has 0 saturated carbocycles. The van der Waals surface area contributed by atoms with Crippen molar-refractivity contribution in [1.82, 2.24) is 9.88 Å². The number of nitriles is 1. The first-order chi connectivity index (χ1) is 16.4. The van der Waals surface area contributed by atoms with Gasteiger partial charge in [-0.15, -0.1) is 11.3 Å². The number of para-hydroxylation sites is 1. The van der Waals surface area contributed by atoms with Crippen molar-refractivity contribution in [1.29, 1.82) is 5.26 Å². The Bertz CT molecular complexity index is 1360. The number of ether oxygens (including phenoxy) is 2. The molecule has 0 fully saturated rings. The van der Waals surface area contributed by atoms with Gasteiger partial charge >= 0.3 is 6.61 Å².